The Morgan fingerprint density at radius 1 is 1.10 bits per heavy atom. The number of hydrogen-bond donors (Lipinski definition) is 1. The highest BCUT2D eigenvalue weighted by atomic mass is 32.2. The third-order valence-corrected chi connectivity index (χ3v) is 5.33. The van der Waals surface area contributed by atoms with Crippen LogP contribution in [0.15, 0.2) is 30.3 Å². The van der Waals surface area contributed by atoms with Gasteiger partial charge in [-0.15, -0.1) is 0 Å². The topological polar surface area (TPSA) is 66.6 Å². The maximum atomic E-state index is 11.5. The number of sulfonamides is 1. The van der Waals surface area contributed by atoms with Crippen molar-refractivity contribution in [3.63, 3.8) is 0 Å². The quantitative estimate of drug-likeness (QED) is 0.886. The summed E-state index contributed by atoms with van der Waals surface area (Å²) in [7, 11) is -3.07. The van der Waals surface area contributed by atoms with Crippen molar-refractivity contribution in [3.8, 4) is 0 Å². The lowest BCUT2D eigenvalue weighted by Crippen LogP contribution is -2.53. The van der Waals surface area contributed by atoms with Crippen molar-refractivity contribution in [2.75, 3.05) is 32.4 Å². The molecule has 0 radical (unpaired) electrons. The zero-order valence-corrected chi connectivity index (χ0v) is 12.9. The first kappa shape index (κ1) is 15.4. The number of benzene rings is 1. The number of rotatable bonds is 4. The second-order valence-electron chi connectivity index (χ2n) is 5.38. The Hall–Kier alpha value is -0.950. The number of nitrogens with zero attached hydrogens (tertiary/aromatic N) is 2. The zero-order valence-electron chi connectivity index (χ0n) is 12.1. The molecular formula is C14H23N3O2S. The Bertz CT molecular complexity index is 525. The van der Waals surface area contributed by atoms with Crippen LogP contribution in [0.4, 0.5) is 0 Å². The van der Waals surface area contributed by atoms with Gasteiger partial charge in [-0.05, 0) is 12.5 Å². The van der Waals surface area contributed by atoms with Gasteiger partial charge in [0.25, 0.3) is 0 Å². The SMILES string of the molecule is CC(C(N)c1ccccc1)N1CCN(S(C)(=O)=O)CC1. The molecule has 112 valence electrons. The first-order valence-electron chi connectivity index (χ1n) is 6.89. The summed E-state index contributed by atoms with van der Waals surface area (Å²) in [5, 5.41) is 0. The van der Waals surface area contributed by atoms with Gasteiger partial charge in [-0.2, -0.15) is 4.31 Å². The Kier molecular flexibility index (Phi) is 4.80. The van der Waals surface area contributed by atoms with Gasteiger partial charge in [-0.25, -0.2) is 8.42 Å². The summed E-state index contributed by atoms with van der Waals surface area (Å²) in [5.41, 5.74) is 7.43. The predicted molar refractivity (Wildman–Crippen MR) is 80.8 cm³/mol. The molecule has 0 bridgehead atoms. The monoisotopic (exact) mass is 297 g/mol. The van der Waals surface area contributed by atoms with Crippen LogP contribution in [0.1, 0.15) is 18.5 Å². The molecule has 1 aliphatic rings. The van der Waals surface area contributed by atoms with Crippen LogP contribution in [0, 0.1) is 0 Å². The van der Waals surface area contributed by atoms with E-state index < -0.39 is 10.0 Å². The van der Waals surface area contributed by atoms with Gasteiger partial charge in [-0.3, -0.25) is 4.90 Å². The molecule has 6 heteroatoms. The summed E-state index contributed by atoms with van der Waals surface area (Å²) in [6.45, 7) is 4.66. The smallest absolute Gasteiger partial charge is 0.211 e. The zero-order chi connectivity index (χ0) is 14.8. The molecule has 2 atom stereocenters. The van der Waals surface area contributed by atoms with E-state index in [1.54, 1.807) is 0 Å². The van der Waals surface area contributed by atoms with Crippen molar-refractivity contribution in [2.45, 2.75) is 19.0 Å². The molecule has 2 unspecified atom stereocenters. The van der Waals surface area contributed by atoms with E-state index >= 15 is 0 Å². The van der Waals surface area contributed by atoms with E-state index in [4.69, 9.17) is 5.73 Å². The molecule has 1 heterocycles. The molecule has 1 fully saturated rings. The Balaban J connectivity index is 1.97. The summed E-state index contributed by atoms with van der Waals surface area (Å²) in [6, 6.07) is 10.2. The summed E-state index contributed by atoms with van der Waals surface area (Å²) in [5.74, 6) is 0. The molecule has 1 saturated heterocycles. The number of piperazine rings is 1. The van der Waals surface area contributed by atoms with Crippen molar-refractivity contribution in [2.24, 2.45) is 5.73 Å². The summed E-state index contributed by atoms with van der Waals surface area (Å²) >= 11 is 0. The van der Waals surface area contributed by atoms with Crippen molar-refractivity contribution < 1.29 is 8.42 Å². The minimum absolute atomic E-state index is 0.0546. The van der Waals surface area contributed by atoms with Crippen LogP contribution in [0.3, 0.4) is 0 Å². The maximum absolute atomic E-state index is 11.5. The van der Waals surface area contributed by atoms with Gasteiger partial charge < -0.3 is 5.73 Å². The molecule has 2 N–H and O–H groups in total. The van der Waals surface area contributed by atoms with E-state index in [9.17, 15) is 8.42 Å². The van der Waals surface area contributed by atoms with Gasteiger partial charge in [-0.1, -0.05) is 30.3 Å². The lowest BCUT2D eigenvalue weighted by Gasteiger charge is -2.39. The first-order valence-corrected chi connectivity index (χ1v) is 8.74. The Morgan fingerprint density at radius 3 is 2.15 bits per heavy atom. The Morgan fingerprint density at radius 2 is 1.65 bits per heavy atom. The molecule has 0 aromatic heterocycles. The second kappa shape index (κ2) is 6.22. The lowest BCUT2D eigenvalue weighted by atomic mass is 10.00. The summed E-state index contributed by atoms with van der Waals surface area (Å²) < 4.78 is 24.5. The van der Waals surface area contributed by atoms with Crippen LogP contribution in [-0.2, 0) is 10.0 Å². The molecule has 1 aromatic rings. The van der Waals surface area contributed by atoms with Gasteiger partial charge in [0.15, 0.2) is 0 Å². The summed E-state index contributed by atoms with van der Waals surface area (Å²) in [6.07, 6.45) is 1.27. The molecule has 0 amide bonds. The van der Waals surface area contributed by atoms with Crippen molar-refractivity contribution in [1.29, 1.82) is 0 Å². The van der Waals surface area contributed by atoms with Crippen molar-refractivity contribution >= 4 is 10.0 Å². The molecule has 0 aliphatic carbocycles. The third kappa shape index (κ3) is 3.58. The van der Waals surface area contributed by atoms with Gasteiger partial charge in [0.1, 0.15) is 0 Å². The van der Waals surface area contributed by atoms with E-state index in [0.29, 0.717) is 13.1 Å². The van der Waals surface area contributed by atoms with E-state index in [1.165, 1.54) is 10.6 Å². The molecule has 2 rings (SSSR count). The minimum atomic E-state index is -3.07. The van der Waals surface area contributed by atoms with Crippen LogP contribution in [0.2, 0.25) is 0 Å². The molecule has 0 spiro atoms. The van der Waals surface area contributed by atoms with E-state index in [-0.39, 0.29) is 12.1 Å². The fraction of sp³-hybridized carbons (Fsp3) is 0.571. The highest BCUT2D eigenvalue weighted by Gasteiger charge is 2.28. The van der Waals surface area contributed by atoms with E-state index in [1.807, 2.05) is 30.3 Å². The van der Waals surface area contributed by atoms with Crippen molar-refractivity contribution in [3.05, 3.63) is 35.9 Å². The lowest BCUT2D eigenvalue weighted by molar-refractivity contribution is 0.130. The minimum Gasteiger partial charge on any atom is -0.323 e. The van der Waals surface area contributed by atoms with Crippen LogP contribution in [0.5, 0.6) is 0 Å². The normalized spacial score (nSPS) is 21.6. The van der Waals surface area contributed by atoms with Crippen LogP contribution < -0.4 is 5.73 Å². The maximum Gasteiger partial charge on any atom is 0.211 e. The van der Waals surface area contributed by atoms with E-state index in [2.05, 4.69) is 11.8 Å². The largest absolute Gasteiger partial charge is 0.323 e. The average Bonchev–Trinajstić information content (AvgIpc) is 2.46. The standard InChI is InChI=1S/C14H23N3O2S/c1-12(14(15)13-6-4-3-5-7-13)16-8-10-17(11-9-16)20(2,18)19/h3-7,12,14H,8-11,15H2,1-2H3. The summed E-state index contributed by atoms with van der Waals surface area (Å²) in [4.78, 5) is 2.26. The highest BCUT2D eigenvalue weighted by molar-refractivity contribution is 7.88. The fourth-order valence-corrected chi connectivity index (χ4v) is 3.45. The van der Waals surface area contributed by atoms with Crippen LogP contribution in [0.25, 0.3) is 0 Å². The molecular weight excluding hydrogens is 274 g/mol. The second-order valence-corrected chi connectivity index (χ2v) is 7.36. The highest BCUT2D eigenvalue weighted by Crippen LogP contribution is 2.20. The number of hydrogen-bond acceptors (Lipinski definition) is 4. The van der Waals surface area contributed by atoms with Gasteiger partial charge in [0.2, 0.25) is 10.0 Å². The van der Waals surface area contributed by atoms with Crippen molar-refractivity contribution in [1.82, 2.24) is 9.21 Å². The molecule has 0 saturated carbocycles. The third-order valence-electron chi connectivity index (χ3n) is 4.02. The molecule has 20 heavy (non-hydrogen) atoms. The predicted octanol–water partition coefficient (Wildman–Crippen LogP) is 0.652. The Labute approximate surface area is 121 Å². The molecule has 1 aliphatic heterocycles. The number of nitrogens with two attached hydrogens (primary N) is 1. The average molecular weight is 297 g/mol. The van der Waals surface area contributed by atoms with Gasteiger partial charge in [0.05, 0.1) is 6.26 Å². The van der Waals surface area contributed by atoms with Gasteiger partial charge in [0, 0.05) is 38.3 Å². The fourth-order valence-electron chi connectivity index (χ4n) is 2.62. The molecule has 5 nitrogen and oxygen atoms in total. The molecule has 1 aromatic carbocycles. The first-order chi connectivity index (χ1) is 9.39. The van der Waals surface area contributed by atoms with Gasteiger partial charge >= 0.3 is 0 Å². The van der Waals surface area contributed by atoms with E-state index in [0.717, 1.165) is 18.7 Å². The van der Waals surface area contributed by atoms with Crippen LogP contribution >= 0.6 is 0 Å². The van der Waals surface area contributed by atoms with Crippen LogP contribution in [-0.4, -0.2) is 56.1 Å².